The smallest absolute Gasteiger partial charge is 0.313 e. The molecule has 1 aliphatic heterocycles. The monoisotopic (exact) mass is 288 g/mol. The van der Waals surface area contributed by atoms with E-state index >= 15 is 0 Å². The Morgan fingerprint density at radius 3 is 2.58 bits per heavy atom. The quantitative estimate of drug-likeness (QED) is 0.856. The summed E-state index contributed by atoms with van der Waals surface area (Å²) in [6.45, 7) is 3.26. The molecule has 0 aromatic heterocycles. The van der Waals surface area contributed by atoms with Crippen LogP contribution in [-0.2, 0) is 6.42 Å². The molecule has 0 atom stereocenters. The van der Waals surface area contributed by atoms with E-state index in [0.29, 0.717) is 5.56 Å². The minimum atomic E-state index is -3.23. The van der Waals surface area contributed by atoms with Crippen molar-refractivity contribution in [3.05, 3.63) is 29.3 Å². The third-order valence-electron chi connectivity index (χ3n) is 3.58. The highest BCUT2D eigenvalue weighted by molar-refractivity contribution is 6.07. The van der Waals surface area contributed by atoms with Crippen LogP contribution in [-0.4, -0.2) is 37.9 Å². The maximum absolute atomic E-state index is 13.5. The van der Waals surface area contributed by atoms with Gasteiger partial charge in [0.15, 0.2) is 0 Å². The highest BCUT2D eigenvalue weighted by atomic mass is 35.5. The van der Waals surface area contributed by atoms with Gasteiger partial charge in [-0.3, -0.25) is 4.79 Å². The zero-order valence-electron chi connectivity index (χ0n) is 10.3. The molecular weight excluding hydrogens is 274 g/mol. The summed E-state index contributed by atoms with van der Waals surface area (Å²) < 4.78 is 27.0. The zero-order chi connectivity index (χ0) is 12.8. The second-order valence-electron chi connectivity index (χ2n) is 4.75. The van der Waals surface area contributed by atoms with E-state index in [1.807, 2.05) is 6.07 Å². The number of hydrogen-bond acceptors (Lipinski definition) is 3. The number of piperazine rings is 1. The lowest BCUT2D eigenvalue weighted by Gasteiger charge is -2.31. The van der Waals surface area contributed by atoms with Gasteiger partial charge in [-0.05, 0) is 11.6 Å². The van der Waals surface area contributed by atoms with Crippen LogP contribution in [0.15, 0.2) is 18.2 Å². The molecule has 6 heteroatoms. The molecule has 19 heavy (non-hydrogen) atoms. The lowest BCUT2D eigenvalue weighted by atomic mass is 10.1. The first-order valence-electron chi connectivity index (χ1n) is 6.10. The maximum atomic E-state index is 13.5. The molecule has 104 valence electrons. The lowest BCUT2D eigenvalue weighted by molar-refractivity contribution is 0.0168. The Balaban J connectivity index is 0.00000133. The number of anilines is 1. The van der Waals surface area contributed by atoms with E-state index in [4.69, 9.17) is 0 Å². The van der Waals surface area contributed by atoms with Gasteiger partial charge in [0.2, 0.25) is 5.78 Å². The van der Waals surface area contributed by atoms with Gasteiger partial charge in [0.25, 0.3) is 0 Å². The van der Waals surface area contributed by atoms with Gasteiger partial charge >= 0.3 is 5.92 Å². The van der Waals surface area contributed by atoms with E-state index in [9.17, 15) is 13.6 Å². The Morgan fingerprint density at radius 1 is 1.21 bits per heavy atom. The van der Waals surface area contributed by atoms with Crippen LogP contribution in [0.1, 0.15) is 15.9 Å². The molecule has 1 N–H and O–H groups in total. The fraction of sp³-hybridized carbons (Fsp3) is 0.462. The van der Waals surface area contributed by atoms with Gasteiger partial charge < -0.3 is 10.2 Å². The van der Waals surface area contributed by atoms with Gasteiger partial charge in [-0.2, -0.15) is 8.78 Å². The SMILES string of the molecule is Cl.O=C1c2cccc(N3CCNCC3)c2CC1(F)F. The van der Waals surface area contributed by atoms with Crippen LogP contribution in [0.5, 0.6) is 0 Å². The Kier molecular flexibility index (Phi) is 3.78. The molecule has 0 saturated carbocycles. The van der Waals surface area contributed by atoms with Crippen LogP contribution < -0.4 is 10.2 Å². The van der Waals surface area contributed by atoms with Crippen molar-refractivity contribution < 1.29 is 13.6 Å². The van der Waals surface area contributed by atoms with E-state index < -0.39 is 18.1 Å². The molecule has 2 aliphatic rings. The number of hydrogen-bond donors (Lipinski definition) is 1. The first-order valence-corrected chi connectivity index (χ1v) is 6.10. The molecule has 3 nitrogen and oxygen atoms in total. The Morgan fingerprint density at radius 2 is 1.89 bits per heavy atom. The van der Waals surface area contributed by atoms with E-state index in [1.54, 1.807) is 6.07 Å². The summed E-state index contributed by atoms with van der Waals surface area (Å²) in [5.41, 5.74) is 1.49. The molecule has 0 unspecified atom stereocenters. The van der Waals surface area contributed by atoms with Crippen LogP contribution in [0.25, 0.3) is 0 Å². The first kappa shape index (κ1) is 14.2. The minimum Gasteiger partial charge on any atom is -0.369 e. The van der Waals surface area contributed by atoms with Gasteiger partial charge in [0, 0.05) is 43.9 Å². The Hall–Kier alpha value is -1.20. The number of nitrogens with one attached hydrogen (secondary N) is 1. The number of carbonyl (C=O) groups is 1. The van der Waals surface area contributed by atoms with Crippen molar-refractivity contribution in [2.45, 2.75) is 12.3 Å². The number of halogens is 3. The number of fused-ring (bicyclic) bond motifs is 1. The normalized spacial score (nSPS) is 20.9. The van der Waals surface area contributed by atoms with Gasteiger partial charge in [-0.15, -0.1) is 12.4 Å². The number of nitrogens with zero attached hydrogens (tertiary/aromatic N) is 1. The standard InChI is InChI=1S/C13H14F2N2O.ClH/c14-13(15)8-10-9(12(13)18)2-1-3-11(10)17-6-4-16-5-7-17;/h1-3,16H,4-8H2;1H. The summed E-state index contributed by atoms with van der Waals surface area (Å²) in [7, 11) is 0. The molecular formula is C13H15ClF2N2O. The molecule has 1 saturated heterocycles. The summed E-state index contributed by atoms with van der Waals surface area (Å²) in [6.07, 6.45) is -0.457. The second kappa shape index (κ2) is 5.06. The van der Waals surface area contributed by atoms with Crippen molar-refractivity contribution in [2.75, 3.05) is 31.1 Å². The molecule has 0 bridgehead atoms. The van der Waals surface area contributed by atoms with Crippen molar-refractivity contribution in [3.8, 4) is 0 Å². The Bertz CT molecular complexity index is 501. The molecule has 1 aromatic carbocycles. The number of rotatable bonds is 1. The van der Waals surface area contributed by atoms with E-state index in [-0.39, 0.29) is 18.0 Å². The van der Waals surface area contributed by atoms with Crippen LogP contribution in [0, 0.1) is 0 Å². The van der Waals surface area contributed by atoms with Crippen molar-refractivity contribution in [2.24, 2.45) is 0 Å². The number of ketones is 1. The summed E-state index contributed by atoms with van der Waals surface area (Å²) in [5.74, 6) is -4.26. The van der Waals surface area contributed by atoms with Crippen molar-refractivity contribution >= 4 is 23.9 Å². The lowest BCUT2D eigenvalue weighted by Crippen LogP contribution is -2.43. The summed E-state index contributed by atoms with van der Waals surface area (Å²) in [6, 6.07) is 5.03. The van der Waals surface area contributed by atoms with Gasteiger partial charge in [-0.25, -0.2) is 0 Å². The van der Waals surface area contributed by atoms with Gasteiger partial charge in [0.1, 0.15) is 0 Å². The number of Topliss-reactive ketones (excluding diaryl/α,β-unsaturated/α-hetero) is 1. The van der Waals surface area contributed by atoms with Gasteiger partial charge in [0.05, 0.1) is 0 Å². The average molecular weight is 289 g/mol. The third kappa shape index (κ3) is 2.32. The largest absolute Gasteiger partial charge is 0.369 e. The van der Waals surface area contributed by atoms with E-state index in [2.05, 4.69) is 10.2 Å². The highest BCUT2D eigenvalue weighted by Gasteiger charge is 2.47. The molecule has 1 aliphatic carbocycles. The minimum absolute atomic E-state index is 0. The maximum Gasteiger partial charge on any atom is 0.313 e. The predicted molar refractivity (Wildman–Crippen MR) is 71.8 cm³/mol. The Labute approximate surface area is 116 Å². The third-order valence-corrected chi connectivity index (χ3v) is 3.58. The van der Waals surface area contributed by atoms with E-state index in [1.165, 1.54) is 6.07 Å². The van der Waals surface area contributed by atoms with Crippen LogP contribution in [0.3, 0.4) is 0 Å². The average Bonchev–Trinajstić information content (AvgIpc) is 2.61. The van der Waals surface area contributed by atoms with E-state index in [0.717, 1.165) is 31.9 Å². The van der Waals surface area contributed by atoms with Gasteiger partial charge in [-0.1, -0.05) is 12.1 Å². The molecule has 1 fully saturated rings. The molecule has 3 rings (SSSR count). The van der Waals surface area contributed by atoms with Crippen LogP contribution >= 0.6 is 12.4 Å². The number of carbonyl (C=O) groups excluding carboxylic acids is 1. The predicted octanol–water partition coefficient (Wildman–Crippen LogP) is 1.89. The molecule has 1 aromatic rings. The fourth-order valence-electron chi connectivity index (χ4n) is 2.67. The fourth-order valence-corrected chi connectivity index (χ4v) is 2.67. The second-order valence-corrected chi connectivity index (χ2v) is 4.75. The number of alkyl halides is 2. The summed E-state index contributed by atoms with van der Waals surface area (Å²) in [5, 5.41) is 3.22. The van der Waals surface area contributed by atoms with Crippen molar-refractivity contribution in [3.63, 3.8) is 0 Å². The highest BCUT2D eigenvalue weighted by Crippen LogP contribution is 2.39. The summed E-state index contributed by atoms with van der Waals surface area (Å²) in [4.78, 5) is 13.6. The molecule has 1 heterocycles. The topological polar surface area (TPSA) is 32.3 Å². The van der Waals surface area contributed by atoms with Crippen LogP contribution in [0.4, 0.5) is 14.5 Å². The molecule has 0 amide bonds. The number of benzene rings is 1. The first-order chi connectivity index (χ1) is 8.59. The molecule has 0 spiro atoms. The van der Waals surface area contributed by atoms with Crippen LogP contribution in [0.2, 0.25) is 0 Å². The zero-order valence-corrected chi connectivity index (χ0v) is 11.1. The van der Waals surface area contributed by atoms with Crippen molar-refractivity contribution in [1.29, 1.82) is 0 Å². The molecule has 0 radical (unpaired) electrons. The summed E-state index contributed by atoms with van der Waals surface area (Å²) >= 11 is 0. The van der Waals surface area contributed by atoms with Crippen molar-refractivity contribution in [1.82, 2.24) is 5.32 Å².